The first kappa shape index (κ1) is 24.8. The highest BCUT2D eigenvalue weighted by atomic mass is 79.9. The Balaban J connectivity index is 1.97. The summed E-state index contributed by atoms with van der Waals surface area (Å²) in [4.78, 5) is 23.4. The van der Waals surface area contributed by atoms with E-state index in [2.05, 4.69) is 33.5 Å². The molecule has 166 valence electrons. The van der Waals surface area contributed by atoms with Crippen LogP contribution in [-0.2, 0) is 14.8 Å². The van der Waals surface area contributed by atoms with Crippen molar-refractivity contribution in [2.45, 2.75) is 31.6 Å². The Morgan fingerprint density at radius 3 is 2.39 bits per heavy atom. The molecule has 2 aromatic rings. The molecule has 8 nitrogen and oxygen atoms in total. The van der Waals surface area contributed by atoms with Gasteiger partial charge >= 0.3 is 0 Å². The van der Waals surface area contributed by atoms with E-state index in [4.69, 9.17) is 17.0 Å². The van der Waals surface area contributed by atoms with Crippen molar-refractivity contribution in [3.05, 3.63) is 52.5 Å². The first-order valence-corrected chi connectivity index (χ1v) is 12.0. The molecule has 0 heterocycles. The maximum Gasteiger partial charge on any atom is 0.264 e. The normalized spacial score (nSPS) is 10.8. The fraction of sp³-hybridized carbons (Fsp3) is 0.250. The van der Waals surface area contributed by atoms with Gasteiger partial charge in [0, 0.05) is 18.2 Å². The second kappa shape index (κ2) is 11.2. The third-order valence-electron chi connectivity index (χ3n) is 3.88. The lowest BCUT2D eigenvalue weighted by Gasteiger charge is -2.12. The number of hydrogen-bond donors (Lipinski definition) is 3. The molecule has 0 spiro atoms. The molecule has 0 aromatic heterocycles. The van der Waals surface area contributed by atoms with Crippen molar-refractivity contribution in [1.29, 1.82) is 0 Å². The molecule has 0 aliphatic heterocycles. The third-order valence-corrected chi connectivity index (χ3v) is 6.15. The van der Waals surface area contributed by atoms with Gasteiger partial charge in [-0.05, 0) is 77.0 Å². The zero-order valence-electron chi connectivity index (χ0n) is 16.9. The topological polar surface area (TPSA) is 114 Å². The molecule has 0 aliphatic rings. The highest BCUT2D eigenvalue weighted by Gasteiger charge is 2.15. The predicted molar refractivity (Wildman–Crippen MR) is 126 cm³/mol. The summed E-state index contributed by atoms with van der Waals surface area (Å²) in [6.45, 7) is 3.78. The van der Waals surface area contributed by atoms with Gasteiger partial charge in [0.25, 0.3) is 15.9 Å². The van der Waals surface area contributed by atoms with Crippen molar-refractivity contribution < 1.29 is 22.7 Å². The molecule has 0 radical (unpaired) electrons. The van der Waals surface area contributed by atoms with Crippen LogP contribution >= 0.6 is 28.1 Å². The van der Waals surface area contributed by atoms with Crippen molar-refractivity contribution in [3.63, 3.8) is 0 Å². The average molecular weight is 528 g/mol. The number of carbonyl (C=O) groups excluding carboxylic acids is 2. The molecule has 0 aliphatic carbocycles. The molecular weight excluding hydrogens is 506 g/mol. The van der Waals surface area contributed by atoms with Gasteiger partial charge in [-0.2, -0.15) is 0 Å². The summed E-state index contributed by atoms with van der Waals surface area (Å²) in [6, 6.07) is 10.5. The SMILES string of the molecule is CCCCOc1ccc(C(=O)NC(=S)Nc2ccc(S(=O)(=O)NC(C)=O)cc2)cc1Br. The van der Waals surface area contributed by atoms with Crippen molar-refractivity contribution in [3.8, 4) is 5.75 Å². The summed E-state index contributed by atoms with van der Waals surface area (Å²) >= 11 is 8.55. The van der Waals surface area contributed by atoms with Gasteiger partial charge in [0.2, 0.25) is 5.91 Å². The first-order valence-electron chi connectivity index (χ1n) is 9.30. The van der Waals surface area contributed by atoms with E-state index in [0.29, 0.717) is 28.1 Å². The largest absolute Gasteiger partial charge is 0.492 e. The minimum absolute atomic E-state index is 0.0434. The van der Waals surface area contributed by atoms with E-state index in [1.807, 2.05) is 4.72 Å². The highest BCUT2D eigenvalue weighted by molar-refractivity contribution is 9.10. The fourth-order valence-corrected chi connectivity index (χ4v) is 4.08. The highest BCUT2D eigenvalue weighted by Crippen LogP contribution is 2.26. The van der Waals surface area contributed by atoms with Crippen LogP contribution < -0.4 is 20.1 Å². The standard InChI is InChI=1S/C20H22BrN3O5S2/c1-3-4-11-29-18-10-5-14(12-17(18)21)19(26)23-20(30)22-15-6-8-16(9-7-15)31(27,28)24-13(2)25/h5-10,12H,3-4,11H2,1-2H3,(H,24,25)(H2,22,23,26,30). The Bertz CT molecular complexity index is 1070. The van der Waals surface area contributed by atoms with Crippen LogP contribution in [0.4, 0.5) is 5.69 Å². The number of unbranched alkanes of at least 4 members (excludes halogenated alkanes) is 1. The predicted octanol–water partition coefficient (Wildman–Crippen LogP) is 3.58. The summed E-state index contributed by atoms with van der Waals surface area (Å²) in [6.07, 6.45) is 1.96. The van der Waals surface area contributed by atoms with Gasteiger partial charge in [-0.15, -0.1) is 0 Å². The zero-order chi connectivity index (χ0) is 23.0. The van der Waals surface area contributed by atoms with Crippen molar-refractivity contribution in [2.24, 2.45) is 0 Å². The Hall–Kier alpha value is -2.50. The van der Waals surface area contributed by atoms with Gasteiger partial charge in [0.1, 0.15) is 5.75 Å². The van der Waals surface area contributed by atoms with Gasteiger partial charge in [-0.25, -0.2) is 13.1 Å². The minimum atomic E-state index is -3.92. The number of halogens is 1. The van der Waals surface area contributed by atoms with Crippen molar-refractivity contribution in [1.82, 2.24) is 10.0 Å². The number of ether oxygens (including phenoxy) is 1. The van der Waals surface area contributed by atoms with Crippen molar-refractivity contribution in [2.75, 3.05) is 11.9 Å². The quantitative estimate of drug-likeness (QED) is 0.355. The van der Waals surface area contributed by atoms with Crippen molar-refractivity contribution >= 4 is 60.8 Å². The Labute approximate surface area is 194 Å². The molecule has 0 atom stereocenters. The number of hydrogen-bond acceptors (Lipinski definition) is 6. The molecule has 2 aromatic carbocycles. The second-order valence-electron chi connectivity index (χ2n) is 6.44. The van der Waals surface area contributed by atoms with E-state index in [0.717, 1.165) is 19.8 Å². The van der Waals surface area contributed by atoms with E-state index >= 15 is 0 Å². The van der Waals surface area contributed by atoms with Crippen LogP contribution in [-0.4, -0.2) is 32.0 Å². The molecule has 11 heteroatoms. The maximum atomic E-state index is 12.4. The summed E-state index contributed by atoms with van der Waals surface area (Å²) in [5.74, 6) is -0.443. The molecule has 2 amide bonds. The molecule has 31 heavy (non-hydrogen) atoms. The smallest absolute Gasteiger partial charge is 0.264 e. The van der Waals surface area contributed by atoms with E-state index < -0.39 is 21.8 Å². The molecule has 0 fully saturated rings. The average Bonchev–Trinajstić information content (AvgIpc) is 2.68. The fourth-order valence-electron chi connectivity index (χ4n) is 2.39. The van der Waals surface area contributed by atoms with E-state index in [9.17, 15) is 18.0 Å². The van der Waals surface area contributed by atoms with Crippen LogP contribution in [0.3, 0.4) is 0 Å². The Morgan fingerprint density at radius 2 is 1.81 bits per heavy atom. The molecule has 2 rings (SSSR count). The van der Waals surface area contributed by atoms with Gasteiger partial charge in [0.05, 0.1) is 16.0 Å². The number of anilines is 1. The van der Waals surface area contributed by atoms with Gasteiger partial charge in [0.15, 0.2) is 5.11 Å². The Kier molecular flexibility index (Phi) is 8.96. The van der Waals surface area contributed by atoms with Crippen LogP contribution in [0.25, 0.3) is 0 Å². The van der Waals surface area contributed by atoms with Crippen LogP contribution in [0.1, 0.15) is 37.0 Å². The number of carbonyl (C=O) groups is 2. The molecule has 0 unspecified atom stereocenters. The molecule has 0 saturated carbocycles. The zero-order valence-corrected chi connectivity index (χ0v) is 20.1. The van der Waals surface area contributed by atoms with Gasteiger partial charge in [-0.1, -0.05) is 13.3 Å². The molecular formula is C20H22BrN3O5S2. The van der Waals surface area contributed by atoms with Crippen LogP contribution in [0.5, 0.6) is 5.75 Å². The summed E-state index contributed by atoms with van der Waals surface area (Å²) < 4.78 is 32.1. The first-order chi connectivity index (χ1) is 14.6. The lowest BCUT2D eigenvalue weighted by molar-refractivity contribution is -0.117. The number of benzene rings is 2. The van der Waals surface area contributed by atoms with E-state index in [-0.39, 0.29) is 10.0 Å². The summed E-state index contributed by atoms with van der Waals surface area (Å²) in [7, 11) is -3.92. The van der Waals surface area contributed by atoms with Crippen LogP contribution in [0.2, 0.25) is 0 Å². The van der Waals surface area contributed by atoms with Crippen LogP contribution in [0, 0.1) is 0 Å². The number of rotatable bonds is 8. The summed E-state index contributed by atoms with van der Waals surface area (Å²) in [5, 5.41) is 5.41. The summed E-state index contributed by atoms with van der Waals surface area (Å²) in [5.41, 5.74) is 0.851. The molecule has 3 N–H and O–H groups in total. The second-order valence-corrected chi connectivity index (χ2v) is 9.39. The lowest BCUT2D eigenvalue weighted by Crippen LogP contribution is -2.34. The number of amides is 2. The lowest BCUT2D eigenvalue weighted by atomic mass is 10.2. The number of sulfonamides is 1. The Morgan fingerprint density at radius 1 is 1.13 bits per heavy atom. The van der Waals surface area contributed by atoms with E-state index in [1.165, 1.54) is 24.3 Å². The van der Waals surface area contributed by atoms with E-state index in [1.54, 1.807) is 18.2 Å². The molecule has 0 saturated heterocycles. The van der Waals surface area contributed by atoms with Gasteiger partial charge in [-0.3, -0.25) is 14.9 Å². The number of nitrogens with one attached hydrogen (secondary N) is 3. The van der Waals surface area contributed by atoms with Gasteiger partial charge < -0.3 is 10.1 Å². The minimum Gasteiger partial charge on any atom is -0.492 e. The monoisotopic (exact) mass is 527 g/mol. The third kappa shape index (κ3) is 7.60. The number of thiocarbonyl (C=S) groups is 1. The maximum absolute atomic E-state index is 12.4. The molecule has 0 bridgehead atoms. The van der Waals surface area contributed by atoms with Crippen LogP contribution in [0.15, 0.2) is 51.8 Å².